The highest BCUT2D eigenvalue weighted by atomic mass is 16.1. The minimum atomic E-state index is -0.464. The van der Waals surface area contributed by atoms with Crippen LogP contribution in [0.2, 0.25) is 0 Å². The number of pyridine rings is 1. The van der Waals surface area contributed by atoms with Crippen molar-refractivity contribution in [3.63, 3.8) is 0 Å². The van der Waals surface area contributed by atoms with Gasteiger partial charge < -0.3 is 16.8 Å². The van der Waals surface area contributed by atoms with Crippen LogP contribution in [0.5, 0.6) is 0 Å². The number of hydrogen-bond donors (Lipinski definition) is 3. The van der Waals surface area contributed by atoms with Crippen LogP contribution < -0.4 is 16.8 Å². The van der Waals surface area contributed by atoms with Gasteiger partial charge in [-0.05, 0) is 24.3 Å². The molecule has 1 aromatic carbocycles. The highest BCUT2D eigenvalue weighted by Crippen LogP contribution is 2.17. The molecule has 5 heteroatoms. The van der Waals surface area contributed by atoms with Gasteiger partial charge in [0.05, 0.1) is 0 Å². The standard InChI is InChI=1S/C12H12N4O/c13-9-4-5-15-11(7-9)16-10-3-1-2-8(6-10)12(14)17/h1-7H,(H2,14,17)(H3,13,15,16). The lowest BCUT2D eigenvalue weighted by Gasteiger charge is -2.06. The molecule has 0 spiro atoms. The smallest absolute Gasteiger partial charge is 0.248 e. The summed E-state index contributed by atoms with van der Waals surface area (Å²) in [6.07, 6.45) is 1.61. The molecule has 5 nitrogen and oxygen atoms in total. The Labute approximate surface area is 98.5 Å². The fraction of sp³-hybridized carbons (Fsp3) is 0. The quantitative estimate of drug-likeness (QED) is 0.742. The second-order valence-corrected chi connectivity index (χ2v) is 3.54. The predicted molar refractivity (Wildman–Crippen MR) is 66.9 cm³/mol. The summed E-state index contributed by atoms with van der Waals surface area (Å²) in [5, 5.41) is 3.04. The number of hydrogen-bond acceptors (Lipinski definition) is 4. The van der Waals surface area contributed by atoms with Gasteiger partial charge in [0.2, 0.25) is 5.91 Å². The number of nitrogen functional groups attached to an aromatic ring is 1. The maximum Gasteiger partial charge on any atom is 0.248 e. The zero-order valence-electron chi connectivity index (χ0n) is 9.05. The summed E-state index contributed by atoms with van der Waals surface area (Å²) in [4.78, 5) is 15.1. The minimum absolute atomic E-state index is 0.443. The number of nitrogens with one attached hydrogen (secondary N) is 1. The fourth-order valence-electron chi connectivity index (χ4n) is 1.41. The third-order valence-electron chi connectivity index (χ3n) is 2.20. The summed E-state index contributed by atoms with van der Waals surface area (Å²) in [6.45, 7) is 0. The monoisotopic (exact) mass is 228 g/mol. The average Bonchev–Trinajstić information content (AvgIpc) is 2.29. The molecule has 5 N–H and O–H groups in total. The van der Waals surface area contributed by atoms with E-state index in [4.69, 9.17) is 11.5 Å². The lowest BCUT2D eigenvalue weighted by atomic mass is 10.2. The molecule has 0 unspecified atom stereocenters. The van der Waals surface area contributed by atoms with E-state index < -0.39 is 5.91 Å². The van der Waals surface area contributed by atoms with Gasteiger partial charge in [-0.1, -0.05) is 6.07 Å². The van der Waals surface area contributed by atoms with Gasteiger partial charge in [0, 0.05) is 29.2 Å². The summed E-state index contributed by atoms with van der Waals surface area (Å²) in [6, 6.07) is 10.3. The Bertz CT molecular complexity index is 554. The van der Waals surface area contributed by atoms with Crippen LogP contribution in [-0.2, 0) is 0 Å². The van der Waals surface area contributed by atoms with Crippen LogP contribution in [0.25, 0.3) is 0 Å². The molecule has 1 amide bonds. The molecule has 2 aromatic rings. The van der Waals surface area contributed by atoms with Crippen molar-refractivity contribution < 1.29 is 4.79 Å². The van der Waals surface area contributed by atoms with Gasteiger partial charge in [0.25, 0.3) is 0 Å². The number of aromatic nitrogens is 1. The van der Waals surface area contributed by atoms with Crippen molar-refractivity contribution in [3.05, 3.63) is 48.2 Å². The zero-order valence-corrected chi connectivity index (χ0v) is 9.05. The van der Waals surface area contributed by atoms with Crippen molar-refractivity contribution in [2.45, 2.75) is 0 Å². The normalized spacial score (nSPS) is 9.88. The van der Waals surface area contributed by atoms with Crippen LogP contribution in [0.4, 0.5) is 17.2 Å². The van der Waals surface area contributed by atoms with Crippen LogP contribution in [-0.4, -0.2) is 10.9 Å². The van der Waals surface area contributed by atoms with E-state index in [0.717, 1.165) is 5.69 Å². The van der Waals surface area contributed by atoms with Crippen molar-refractivity contribution >= 4 is 23.1 Å². The summed E-state index contributed by atoms with van der Waals surface area (Å²) < 4.78 is 0. The first-order chi connectivity index (χ1) is 8.15. The molecule has 0 saturated carbocycles. The Hall–Kier alpha value is -2.56. The van der Waals surface area contributed by atoms with Crippen LogP contribution >= 0.6 is 0 Å². The molecule has 2 rings (SSSR count). The molecule has 0 bridgehead atoms. The molecule has 1 aromatic heterocycles. The van der Waals surface area contributed by atoms with Gasteiger partial charge >= 0.3 is 0 Å². The maximum absolute atomic E-state index is 11.0. The molecule has 0 saturated heterocycles. The largest absolute Gasteiger partial charge is 0.399 e. The van der Waals surface area contributed by atoms with E-state index in [2.05, 4.69) is 10.3 Å². The van der Waals surface area contributed by atoms with E-state index in [-0.39, 0.29) is 0 Å². The summed E-state index contributed by atoms with van der Waals surface area (Å²) in [5.74, 6) is 0.154. The number of nitrogens with two attached hydrogens (primary N) is 2. The lowest BCUT2D eigenvalue weighted by Crippen LogP contribution is -2.10. The Morgan fingerprint density at radius 2 is 2.06 bits per heavy atom. The Morgan fingerprint density at radius 3 is 2.76 bits per heavy atom. The third-order valence-corrected chi connectivity index (χ3v) is 2.20. The molecule has 0 aliphatic rings. The highest BCUT2D eigenvalue weighted by Gasteiger charge is 2.02. The van der Waals surface area contributed by atoms with E-state index in [1.54, 1.807) is 36.5 Å². The van der Waals surface area contributed by atoms with E-state index in [0.29, 0.717) is 17.1 Å². The molecular weight excluding hydrogens is 216 g/mol. The highest BCUT2D eigenvalue weighted by molar-refractivity contribution is 5.93. The van der Waals surface area contributed by atoms with Crippen molar-refractivity contribution in [3.8, 4) is 0 Å². The lowest BCUT2D eigenvalue weighted by molar-refractivity contribution is 0.100. The van der Waals surface area contributed by atoms with Crippen molar-refractivity contribution in [1.82, 2.24) is 4.98 Å². The van der Waals surface area contributed by atoms with Crippen LogP contribution in [0, 0.1) is 0 Å². The molecule has 0 atom stereocenters. The first-order valence-electron chi connectivity index (χ1n) is 5.03. The maximum atomic E-state index is 11.0. The van der Waals surface area contributed by atoms with Gasteiger partial charge in [-0.3, -0.25) is 4.79 Å². The number of primary amides is 1. The van der Waals surface area contributed by atoms with E-state index >= 15 is 0 Å². The molecule has 86 valence electrons. The molecule has 0 aliphatic heterocycles. The van der Waals surface area contributed by atoms with Gasteiger partial charge in [0.1, 0.15) is 5.82 Å². The molecule has 0 fully saturated rings. The van der Waals surface area contributed by atoms with Crippen molar-refractivity contribution in [1.29, 1.82) is 0 Å². The second-order valence-electron chi connectivity index (χ2n) is 3.54. The first-order valence-corrected chi connectivity index (χ1v) is 5.03. The Morgan fingerprint density at radius 1 is 1.24 bits per heavy atom. The Balaban J connectivity index is 2.24. The second kappa shape index (κ2) is 4.52. The van der Waals surface area contributed by atoms with Crippen LogP contribution in [0.15, 0.2) is 42.6 Å². The van der Waals surface area contributed by atoms with Gasteiger partial charge in [-0.2, -0.15) is 0 Å². The first kappa shape index (κ1) is 10.9. The summed E-state index contributed by atoms with van der Waals surface area (Å²) in [7, 11) is 0. The molecule has 0 radical (unpaired) electrons. The Kier molecular flexibility index (Phi) is 2.91. The van der Waals surface area contributed by atoms with Gasteiger partial charge in [-0.15, -0.1) is 0 Å². The topological polar surface area (TPSA) is 94.0 Å². The summed E-state index contributed by atoms with van der Waals surface area (Å²) in [5.41, 5.74) is 12.6. The summed E-state index contributed by atoms with van der Waals surface area (Å²) >= 11 is 0. The number of rotatable bonds is 3. The number of carbonyl (C=O) groups is 1. The van der Waals surface area contributed by atoms with E-state index in [9.17, 15) is 4.79 Å². The number of amides is 1. The number of carbonyl (C=O) groups excluding carboxylic acids is 1. The fourth-order valence-corrected chi connectivity index (χ4v) is 1.41. The number of anilines is 3. The number of nitrogens with zero attached hydrogens (tertiary/aromatic N) is 1. The average molecular weight is 228 g/mol. The zero-order chi connectivity index (χ0) is 12.3. The van der Waals surface area contributed by atoms with Crippen molar-refractivity contribution in [2.75, 3.05) is 11.1 Å². The van der Waals surface area contributed by atoms with Crippen molar-refractivity contribution in [2.24, 2.45) is 5.73 Å². The van der Waals surface area contributed by atoms with Crippen LogP contribution in [0.3, 0.4) is 0 Å². The SMILES string of the molecule is NC(=O)c1cccc(Nc2cc(N)ccn2)c1. The minimum Gasteiger partial charge on any atom is -0.399 e. The van der Waals surface area contributed by atoms with Crippen LogP contribution in [0.1, 0.15) is 10.4 Å². The molecule has 0 aliphatic carbocycles. The van der Waals surface area contributed by atoms with Gasteiger partial charge in [0.15, 0.2) is 0 Å². The molecule has 1 heterocycles. The molecule has 17 heavy (non-hydrogen) atoms. The predicted octanol–water partition coefficient (Wildman–Crippen LogP) is 1.51. The van der Waals surface area contributed by atoms with E-state index in [1.165, 1.54) is 0 Å². The van der Waals surface area contributed by atoms with E-state index in [1.807, 2.05) is 6.07 Å². The van der Waals surface area contributed by atoms with Gasteiger partial charge in [-0.25, -0.2) is 4.98 Å². The number of benzene rings is 1. The molecular formula is C12H12N4O. The third kappa shape index (κ3) is 2.72.